The van der Waals surface area contributed by atoms with Gasteiger partial charge in [-0.05, 0) is 6.07 Å². The maximum Gasteiger partial charge on any atom is 0.328 e. The van der Waals surface area contributed by atoms with Crippen molar-refractivity contribution in [3.05, 3.63) is 34.6 Å². The topological polar surface area (TPSA) is 103 Å². The van der Waals surface area contributed by atoms with Gasteiger partial charge in [-0.15, -0.1) is 0 Å². The number of halogens is 2. The molecule has 1 aromatic rings. The molecular formula is C14H15Cl2N3O4. The van der Waals surface area contributed by atoms with E-state index in [1.807, 2.05) is 6.07 Å². The minimum atomic E-state index is -1.26. The van der Waals surface area contributed by atoms with Crippen LogP contribution in [0.3, 0.4) is 0 Å². The molecule has 0 bridgehead atoms. The first-order valence-electron chi connectivity index (χ1n) is 6.80. The monoisotopic (exact) mass is 359 g/mol. The van der Waals surface area contributed by atoms with Crippen LogP contribution in [0.1, 0.15) is 0 Å². The van der Waals surface area contributed by atoms with E-state index in [1.54, 1.807) is 6.20 Å². The van der Waals surface area contributed by atoms with E-state index in [9.17, 15) is 9.59 Å². The highest BCUT2D eigenvalue weighted by molar-refractivity contribution is 6.41. The highest BCUT2D eigenvalue weighted by atomic mass is 35.5. The summed E-state index contributed by atoms with van der Waals surface area (Å²) in [6.45, 7) is 3.28. The molecule has 7 nitrogen and oxygen atoms in total. The van der Waals surface area contributed by atoms with Crippen LogP contribution in [0.4, 0.5) is 5.69 Å². The number of carboxylic acids is 2. The van der Waals surface area contributed by atoms with Crippen molar-refractivity contribution in [3.63, 3.8) is 0 Å². The third kappa shape index (κ3) is 4.82. The average molecular weight is 360 g/mol. The number of rotatable bonds is 3. The Morgan fingerprint density at radius 2 is 1.91 bits per heavy atom. The van der Waals surface area contributed by atoms with Crippen molar-refractivity contribution in [3.8, 4) is 0 Å². The van der Waals surface area contributed by atoms with E-state index in [1.165, 1.54) is 0 Å². The first-order chi connectivity index (χ1) is 10.9. The largest absolute Gasteiger partial charge is 0.478 e. The van der Waals surface area contributed by atoms with Gasteiger partial charge in [0.2, 0.25) is 0 Å². The van der Waals surface area contributed by atoms with Gasteiger partial charge >= 0.3 is 11.9 Å². The van der Waals surface area contributed by atoms with Crippen LogP contribution in [0.2, 0.25) is 10.2 Å². The maximum atomic E-state index is 9.55. The number of carbonyl (C=O) groups is 2. The molecule has 0 spiro atoms. The zero-order valence-corrected chi connectivity index (χ0v) is 13.5. The Kier molecular flexibility index (Phi) is 5.81. The molecule has 3 heterocycles. The summed E-state index contributed by atoms with van der Waals surface area (Å²) in [5, 5.41) is 19.9. The summed E-state index contributed by atoms with van der Waals surface area (Å²) in [5.41, 5.74) is 1.07. The Balaban J connectivity index is 0.000000207. The van der Waals surface area contributed by atoms with Crippen LogP contribution >= 0.6 is 23.2 Å². The Bertz CT molecular complexity index is 610. The number of anilines is 1. The van der Waals surface area contributed by atoms with E-state index in [0.29, 0.717) is 28.4 Å². The molecule has 2 unspecified atom stereocenters. The lowest BCUT2D eigenvalue weighted by atomic mass is 9.96. The highest BCUT2D eigenvalue weighted by Crippen LogP contribution is 2.30. The van der Waals surface area contributed by atoms with Crippen LogP contribution in [-0.2, 0) is 9.59 Å². The summed E-state index contributed by atoms with van der Waals surface area (Å²) in [4.78, 5) is 25.5. The van der Waals surface area contributed by atoms with Gasteiger partial charge in [-0.25, -0.2) is 14.6 Å². The summed E-state index contributed by atoms with van der Waals surface area (Å²) < 4.78 is 0. The molecule has 1 aromatic heterocycles. The van der Waals surface area contributed by atoms with Crippen LogP contribution in [0.5, 0.6) is 0 Å². The lowest BCUT2D eigenvalue weighted by molar-refractivity contribution is -0.134. The normalized spacial score (nSPS) is 22.1. The number of carboxylic acid groups (broad SMARTS) is 2. The number of hydrogen-bond donors (Lipinski definition) is 3. The molecule has 2 aliphatic rings. The van der Waals surface area contributed by atoms with Crippen LogP contribution < -0.4 is 10.2 Å². The SMILES string of the molecule is Clc1cc(N2CC3CNC3C2)cnc1Cl.O=C(O)/C=C/C(=O)O. The minimum absolute atomic E-state index is 0.376. The Labute approximate surface area is 142 Å². The van der Waals surface area contributed by atoms with Crippen molar-refractivity contribution in [2.75, 3.05) is 24.5 Å². The van der Waals surface area contributed by atoms with Crippen molar-refractivity contribution in [1.29, 1.82) is 0 Å². The predicted molar refractivity (Wildman–Crippen MR) is 86.2 cm³/mol. The first-order valence-corrected chi connectivity index (χ1v) is 7.55. The minimum Gasteiger partial charge on any atom is -0.478 e. The molecule has 9 heteroatoms. The van der Waals surface area contributed by atoms with Crippen molar-refractivity contribution < 1.29 is 19.8 Å². The molecule has 0 aliphatic carbocycles. The van der Waals surface area contributed by atoms with Gasteiger partial charge in [0.05, 0.1) is 16.9 Å². The number of hydrogen-bond acceptors (Lipinski definition) is 5. The van der Waals surface area contributed by atoms with Gasteiger partial charge in [-0.2, -0.15) is 0 Å². The smallest absolute Gasteiger partial charge is 0.328 e. The Hall–Kier alpha value is -1.83. The number of nitrogens with zero attached hydrogens (tertiary/aromatic N) is 2. The predicted octanol–water partition coefficient (Wildman–Crippen LogP) is 1.51. The van der Waals surface area contributed by atoms with Crippen molar-refractivity contribution >= 4 is 40.8 Å². The second kappa shape index (κ2) is 7.63. The van der Waals surface area contributed by atoms with E-state index >= 15 is 0 Å². The molecule has 0 aromatic carbocycles. The maximum absolute atomic E-state index is 9.55. The van der Waals surface area contributed by atoms with Crippen LogP contribution in [0.25, 0.3) is 0 Å². The quantitative estimate of drug-likeness (QED) is 0.555. The molecule has 2 fully saturated rings. The molecule has 124 valence electrons. The molecular weight excluding hydrogens is 345 g/mol. The van der Waals surface area contributed by atoms with Gasteiger partial charge in [0.15, 0.2) is 0 Å². The van der Waals surface area contributed by atoms with Crippen LogP contribution in [-0.4, -0.2) is 52.8 Å². The zero-order valence-electron chi connectivity index (χ0n) is 11.9. The summed E-state index contributed by atoms with van der Waals surface area (Å²) in [6, 6.07) is 2.54. The fraction of sp³-hybridized carbons (Fsp3) is 0.357. The Morgan fingerprint density at radius 1 is 1.26 bits per heavy atom. The summed E-state index contributed by atoms with van der Waals surface area (Å²) in [5.74, 6) is -1.72. The molecule has 0 amide bonds. The fourth-order valence-electron chi connectivity index (χ4n) is 2.39. The van der Waals surface area contributed by atoms with Gasteiger partial charge in [0.1, 0.15) is 5.15 Å². The van der Waals surface area contributed by atoms with Crippen molar-refractivity contribution in [1.82, 2.24) is 10.3 Å². The second-order valence-corrected chi connectivity index (χ2v) is 5.92. The van der Waals surface area contributed by atoms with Gasteiger partial charge < -0.3 is 20.4 Å². The zero-order chi connectivity index (χ0) is 17.0. The molecule has 0 radical (unpaired) electrons. The third-order valence-electron chi connectivity index (χ3n) is 3.60. The molecule has 23 heavy (non-hydrogen) atoms. The van der Waals surface area contributed by atoms with Crippen LogP contribution in [0, 0.1) is 5.92 Å². The fourth-order valence-corrected chi connectivity index (χ4v) is 2.65. The summed E-state index contributed by atoms with van der Waals surface area (Å²) in [7, 11) is 0. The number of aromatic nitrogens is 1. The van der Waals surface area contributed by atoms with Gasteiger partial charge in [0, 0.05) is 43.7 Å². The first kappa shape index (κ1) is 17.5. The molecule has 0 saturated carbocycles. The average Bonchev–Trinajstić information content (AvgIpc) is 2.76. The molecule has 2 atom stereocenters. The molecule has 3 N–H and O–H groups in total. The number of pyridine rings is 1. The number of fused-ring (bicyclic) bond motifs is 1. The van der Waals surface area contributed by atoms with E-state index in [0.717, 1.165) is 31.2 Å². The van der Waals surface area contributed by atoms with E-state index in [2.05, 4.69) is 15.2 Å². The number of nitrogens with one attached hydrogen (secondary N) is 1. The lowest BCUT2D eigenvalue weighted by Gasteiger charge is -2.29. The van der Waals surface area contributed by atoms with Crippen molar-refractivity contribution in [2.45, 2.75) is 6.04 Å². The molecule has 3 rings (SSSR count). The molecule has 2 saturated heterocycles. The van der Waals surface area contributed by atoms with Gasteiger partial charge in [0.25, 0.3) is 0 Å². The van der Waals surface area contributed by atoms with Crippen LogP contribution in [0.15, 0.2) is 24.4 Å². The summed E-state index contributed by atoms with van der Waals surface area (Å²) >= 11 is 11.7. The van der Waals surface area contributed by atoms with Gasteiger partial charge in [-0.1, -0.05) is 23.2 Å². The summed E-state index contributed by atoms with van der Waals surface area (Å²) in [6.07, 6.45) is 2.91. The van der Waals surface area contributed by atoms with Crippen molar-refractivity contribution in [2.24, 2.45) is 5.92 Å². The third-order valence-corrected chi connectivity index (χ3v) is 4.28. The lowest BCUT2D eigenvalue weighted by Crippen LogP contribution is -2.51. The van der Waals surface area contributed by atoms with E-state index < -0.39 is 11.9 Å². The standard InChI is InChI=1S/C10H11Cl2N3.C4H4O4/c11-8-1-7(3-14-10(8)12)15-4-6-2-13-9(6)5-15;5-3(6)1-2-4(7)8/h1,3,6,9,13H,2,4-5H2;1-2H,(H,5,6)(H,7,8)/b;2-1+. The Morgan fingerprint density at radius 3 is 2.30 bits per heavy atom. The highest BCUT2D eigenvalue weighted by Gasteiger charge is 2.39. The number of aliphatic carboxylic acids is 2. The van der Waals surface area contributed by atoms with E-state index in [-0.39, 0.29) is 0 Å². The molecule has 2 aliphatic heterocycles. The van der Waals surface area contributed by atoms with Gasteiger partial charge in [-0.3, -0.25) is 0 Å². The van der Waals surface area contributed by atoms with E-state index in [4.69, 9.17) is 33.4 Å². The second-order valence-electron chi connectivity index (χ2n) is 5.16.